The van der Waals surface area contributed by atoms with Crippen molar-refractivity contribution < 1.29 is 9.21 Å². The molecule has 170 valence electrons. The third-order valence-electron chi connectivity index (χ3n) is 5.99. The third kappa shape index (κ3) is 5.44. The van der Waals surface area contributed by atoms with Crippen molar-refractivity contribution in [2.45, 2.75) is 19.9 Å². The fraction of sp³-hybridized carbons (Fsp3) is 0.458. The van der Waals surface area contributed by atoms with Crippen LogP contribution >= 0.6 is 0 Å². The summed E-state index contributed by atoms with van der Waals surface area (Å²) in [6.07, 6.45) is 4.10. The number of hydrogen-bond acceptors (Lipinski definition) is 7. The maximum absolute atomic E-state index is 12.5. The van der Waals surface area contributed by atoms with Gasteiger partial charge in [0.2, 0.25) is 0 Å². The molecule has 1 fully saturated rings. The van der Waals surface area contributed by atoms with Crippen LogP contribution in [0.4, 0.5) is 5.82 Å². The molecule has 1 aromatic carbocycles. The van der Waals surface area contributed by atoms with Gasteiger partial charge in [-0.3, -0.25) is 9.69 Å². The number of amides is 1. The van der Waals surface area contributed by atoms with Crippen molar-refractivity contribution in [3.8, 4) is 0 Å². The van der Waals surface area contributed by atoms with E-state index >= 15 is 0 Å². The molecule has 0 saturated carbocycles. The second kappa shape index (κ2) is 10.6. The SMILES string of the molecule is CCN(C)CCCNc1nc(CN2CCN(C(=O)c3ccoc3)CC2)nc2ccccc12. The van der Waals surface area contributed by atoms with Gasteiger partial charge in [-0.2, -0.15) is 0 Å². The summed E-state index contributed by atoms with van der Waals surface area (Å²) < 4.78 is 5.04. The third-order valence-corrected chi connectivity index (χ3v) is 5.99. The molecule has 0 bridgehead atoms. The number of benzene rings is 1. The molecule has 0 aliphatic carbocycles. The molecule has 0 spiro atoms. The number of anilines is 1. The number of rotatable bonds is 9. The van der Waals surface area contributed by atoms with Gasteiger partial charge in [-0.25, -0.2) is 9.97 Å². The van der Waals surface area contributed by atoms with Crippen molar-refractivity contribution in [2.75, 3.05) is 58.2 Å². The van der Waals surface area contributed by atoms with E-state index in [-0.39, 0.29) is 5.91 Å². The minimum Gasteiger partial charge on any atom is -0.472 e. The zero-order valence-electron chi connectivity index (χ0n) is 19.0. The maximum Gasteiger partial charge on any atom is 0.257 e. The molecule has 1 aliphatic rings. The Bertz CT molecular complexity index is 1010. The summed E-state index contributed by atoms with van der Waals surface area (Å²) in [6, 6.07) is 9.86. The van der Waals surface area contributed by atoms with Gasteiger partial charge >= 0.3 is 0 Å². The van der Waals surface area contributed by atoms with E-state index in [0.29, 0.717) is 25.2 Å². The van der Waals surface area contributed by atoms with Crippen molar-refractivity contribution in [1.82, 2.24) is 24.7 Å². The second-order valence-electron chi connectivity index (χ2n) is 8.26. The normalized spacial score (nSPS) is 14.9. The number of nitrogens with one attached hydrogen (secondary N) is 1. The van der Waals surface area contributed by atoms with Gasteiger partial charge in [0.15, 0.2) is 0 Å². The van der Waals surface area contributed by atoms with Gasteiger partial charge in [-0.15, -0.1) is 0 Å². The highest BCUT2D eigenvalue weighted by Crippen LogP contribution is 2.21. The van der Waals surface area contributed by atoms with Crippen molar-refractivity contribution >= 4 is 22.6 Å². The fourth-order valence-corrected chi connectivity index (χ4v) is 3.92. The highest BCUT2D eigenvalue weighted by Gasteiger charge is 2.23. The Morgan fingerprint density at radius 2 is 1.97 bits per heavy atom. The minimum atomic E-state index is 0.0283. The lowest BCUT2D eigenvalue weighted by Crippen LogP contribution is -2.48. The van der Waals surface area contributed by atoms with Crippen LogP contribution in [0.1, 0.15) is 29.5 Å². The number of aromatic nitrogens is 2. The Morgan fingerprint density at radius 3 is 2.72 bits per heavy atom. The van der Waals surface area contributed by atoms with Crippen LogP contribution in [0.5, 0.6) is 0 Å². The van der Waals surface area contributed by atoms with E-state index in [9.17, 15) is 4.79 Å². The van der Waals surface area contributed by atoms with E-state index in [1.165, 1.54) is 12.5 Å². The van der Waals surface area contributed by atoms with Crippen LogP contribution in [0.2, 0.25) is 0 Å². The molecule has 1 aliphatic heterocycles. The number of para-hydroxylation sites is 1. The average molecular weight is 437 g/mol. The van der Waals surface area contributed by atoms with Crippen LogP contribution in [0.25, 0.3) is 10.9 Å². The second-order valence-corrected chi connectivity index (χ2v) is 8.26. The number of piperazine rings is 1. The molecular weight excluding hydrogens is 404 g/mol. The molecule has 2 aromatic heterocycles. The van der Waals surface area contributed by atoms with Gasteiger partial charge in [0.1, 0.15) is 17.9 Å². The first-order valence-corrected chi connectivity index (χ1v) is 11.4. The number of furan rings is 1. The first-order valence-electron chi connectivity index (χ1n) is 11.4. The molecular formula is C24H32N6O2. The smallest absolute Gasteiger partial charge is 0.257 e. The largest absolute Gasteiger partial charge is 0.472 e. The van der Waals surface area contributed by atoms with Crippen LogP contribution in [0.3, 0.4) is 0 Å². The maximum atomic E-state index is 12.5. The first kappa shape index (κ1) is 22.2. The van der Waals surface area contributed by atoms with Crippen LogP contribution in [-0.2, 0) is 6.54 Å². The Morgan fingerprint density at radius 1 is 1.16 bits per heavy atom. The molecule has 8 nitrogen and oxygen atoms in total. The predicted molar refractivity (Wildman–Crippen MR) is 126 cm³/mol. The van der Waals surface area contributed by atoms with Crippen molar-refractivity contribution in [2.24, 2.45) is 0 Å². The molecule has 0 unspecified atom stereocenters. The number of nitrogens with zero attached hydrogens (tertiary/aromatic N) is 5. The standard InChI is InChI=1S/C24H32N6O2/c1-3-28(2)11-6-10-25-23-20-7-4-5-8-21(20)26-22(27-23)17-29-12-14-30(15-13-29)24(31)19-9-16-32-18-19/h4-5,7-9,16,18H,3,6,10-15,17H2,1-2H3,(H,25,26,27). The van der Waals surface area contributed by atoms with Crippen LogP contribution in [0.15, 0.2) is 47.3 Å². The molecule has 3 aromatic rings. The lowest BCUT2D eigenvalue weighted by Gasteiger charge is -2.34. The molecule has 3 heterocycles. The molecule has 1 N–H and O–H groups in total. The van der Waals surface area contributed by atoms with E-state index in [4.69, 9.17) is 14.4 Å². The summed E-state index contributed by atoms with van der Waals surface area (Å²) in [5, 5.41) is 4.58. The van der Waals surface area contributed by atoms with Crippen LogP contribution < -0.4 is 5.32 Å². The number of carbonyl (C=O) groups excluding carboxylic acids is 1. The molecule has 1 saturated heterocycles. The average Bonchev–Trinajstić information content (AvgIpc) is 3.36. The van der Waals surface area contributed by atoms with Gasteiger partial charge in [-0.1, -0.05) is 19.1 Å². The molecule has 4 rings (SSSR count). The fourth-order valence-electron chi connectivity index (χ4n) is 3.92. The van der Waals surface area contributed by atoms with Crippen molar-refractivity contribution in [3.63, 3.8) is 0 Å². The van der Waals surface area contributed by atoms with Gasteiger partial charge in [0, 0.05) is 38.1 Å². The topological polar surface area (TPSA) is 77.7 Å². The van der Waals surface area contributed by atoms with E-state index in [2.05, 4.69) is 35.2 Å². The highest BCUT2D eigenvalue weighted by molar-refractivity contribution is 5.93. The van der Waals surface area contributed by atoms with E-state index in [0.717, 1.165) is 61.7 Å². The monoisotopic (exact) mass is 436 g/mol. The van der Waals surface area contributed by atoms with Crippen LogP contribution in [-0.4, -0.2) is 83.4 Å². The summed E-state index contributed by atoms with van der Waals surface area (Å²) in [5.41, 5.74) is 1.57. The molecule has 1 amide bonds. The predicted octanol–water partition coefficient (Wildman–Crippen LogP) is 2.93. The van der Waals surface area contributed by atoms with Crippen molar-refractivity contribution in [1.29, 1.82) is 0 Å². The summed E-state index contributed by atoms with van der Waals surface area (Å²) >= 11 is 0. The summed E-state index contributed by atoms with van der Waals surface area (Å²) in [6.45, 7) is 8.80. The van der Waals surface area contributed by atoms with E-state index < -0.39 is 0 Å². The quantitative estimate of drug-likeness (QED) is 0.517. The Balaban J connectivity index is 1.38. The number of hydrogen-bond donors (Lipinski definition) is 1. The summed E-state index contributed by atoms with van der Waals surface area (Å²) in [5.74, 6) is 1.74. The van der Waals surface area contributed by atoms with Gasteiger partial charge in [-0.05, 0) is 44.8 Å². The summed E-state index contributed by atoms with van der Waals surface area (Å²) in [7, 11) is 2.14. The minimum absolute atomic E-state index is 0.0283. The van der Waals surface area contributed by atoms with E-state index in [1.807, 2.05) is 23.1 Å². The Kier molecular flexibility index (Phi) is 7.34. The lowest BCUT2D eigenvalue weighted by molar-refractivity contribution is 0.0625. The highest BCUT2D eigenvalue weighted by atomic mass is 16.3. The Labute approximate surface area is 189 Å². The van der Waals surface area contributed by atoms with Crippen LogP contribution in [0, 0.1) is 0 Å². The zero-order valence-corrected chi connectivity index (χ0v) is 19.0. The number of carbonyl (C=O) groups is 1. The first-order chi connectivity index (χ1) is 15.6. The van der Waals surface area contributed by atoms with E-state index in [1.54, 1.807) is 6.07 Å². The molecule has 0 atom stereocenters. The zero-order chi connectivity index (χ0) is 22.3. The van der Waals surface area contributed by atoms with Gasteiger partial charge in [0.25, 0.3) is 5.91 Å². The number of fused-ring (bicyclic) bond motifs is 1. The molecule has 8 heteroatoms. The summed E-state index contributed by atoms with van der Waals surface area (Å²) in [4.78, 5) is 28.7. The van der Waals surface area contributed by atoms with Gasteiger partial charge < -0.3 is 19.5 Å². The lowest BCUT2D eigenvalue weighted by atomic mass is 10.2. The molecule has 0 radical (unpaired) electrons. The van der Waals surface area contributed by atoms with Crippen molar-refractivity contribution in [3.05, 3.63) is 54.2 Å². The van der Waals surface area contributed by atoms with Gasteiger partial charge in [0.05, 0.1) is 23.9 Å². The molecule has 32 heavy (non-hydrogen) atoms. The Hall–Kier alpha value is -2.97.